The molecule has 158 valence electrons. The number of likely N-dealkylation sites (tertiary alicyclic amines) is 1. The first-order valence-corrected chi connectivity index (χ1v) is 10.6. The lowest BCUT2D eigenvalue weighted by atomic mass is 10.1. The molecule has 0 radical (unpaired) electrons. The van der Waals surface area contributed by atoms with Crippen molar-refractivity contribution in [2.75, 3.05) is 92.9 Å². The molecule has 2 unspecified atom stereocenters. The van der Waals surface area contributed by atoms with E-state index in [0.29, 0.717) is 25.0 Å². The smallest absolute Gasteiger partial charge is 0.193 e. The van der Waals surface area contributed by atoms with Crippen molar-refractivity contribution >= 4 is 5.96 Å². The van der Waals surface area contributed by atoms with Crippen molar-refractivity contribution in [1.29, 1.82) is 0 Å². The zero-order chi connectivity index (χ0) is 19.5. The Hall–Kier alpha value is -0.890. The van der Waals surface area contributed by atoms with Crippen LogP contribution in [0.15, 0.2) is 4.99 Å². The van der Waals surface area contributed by atoms with Crippen molar-refractivity contribution in [2.45, 2.75) is 20.3 Å². The van der Waals surface area contributed by atoms with E-state index >= 15 is 0 Å². The highest BCUT2D eigenvalue weighted by molar-refractivity contribution is 5.80. The minimum absolute atomic E-state index is 0.590. The predicted octanol–water partition coefficient (Wildman–Crippen LogP) is 0.820. The summed E-state index contributed by atoms with van der Waals surface area (Å²) in [6.07, 6.45) is 1.17. The minimum Gasteiger partial charge on any atom is -0.382 e. The van der Waals surface area contributed by atoms with Crippen LogP contribution in [0.3, 0.4) is 0 Å². The molecule has 0 aliphatic carbocycles. The van der Waals surface area contributed by atoms with Crippen LogP contribution < -0.4 is 5.32 Å². The van der Waals surface area contributed by atoms with E-state index in [1.54, 1.807) is 7.11 Å². The summed E-state index contributed by atoms with van der Waals surface area (Å²) in [5.41, 5.74) is 0. The van der Waals surface area contributed by atoms with E-state index < -0.39 is 0 Å². The lowest BCUT2D eigenvalue weighted by Crippen LogP contribution is -2.49. The maximum absolute atomic E-state index is 5.70. The number of nitrogens with zero attached hydrogens (tertiary/aromatic N) is 4. The van der Waals surface area contributed by atoms with Gasteiger partial charge in [-0.05, 0) is 18.9 Å². The SMILES string of the molecule is CCN1CCN(CC(C)CNC(=NC)N2CCC(COCCOC)C2)CC1. The second-order valence-corrected chi connectivity index (χ2v) is 7.94. The van der Waals surface area contributed by atoms with Crippen molar-refractivity contribution < 1.29 is 9.47 Å². The van der Waals surface area contributed by atoms with Gasteiger partial charge in [0.2, 0.25) is 0 Å². The number of rotatable bonds is 10. The van der Waals surface area contributed by atoms with Gasteiger partial charge in [0, 0.05) is 72.4 Å². The summed E-state index contributed by atoms with van der Waals surface area (Å²) in [5, 5.41) is 3.60. The van der Waals surface area contributed by atoms with E-state index in [4.69, 9.17) is 9.47 Å². The lowest BCUT2D eigenvalue weighted by molar-refractivity contribution is 0.0536. The average molecular weight is 384 g/mol. The monoisotopic (exact) mass is 383 g/mol. The molecule has 2 heterocycles. The molecule has 2 atom stereocenters. The first-order valence-electron chi connectivity index (χ1n) is 10.6. The molecule has 27 heavy (non-hydrogen) atoms. The Bertz CT molecular complexity index is 427. The Morgan fingerprint density at radius 2 is 1.89 bits per heavy atom. The topological polar surface area (TPSA) is 52.6 Å². The number of hydrogen-bond donors (Lipinski definition) is 1. The van der Waals surface area contributed by atoms with Crippen LogP contribution in [-0.2, 0) is 9.47 Å². The number of hydrogen-bond acceptors (Lipinski definition) is 5. The summed E-state index contributed by atoms with van der Waals surface area (Å²) in [7, 11) is 3.60. The molecule has 0 saturated carbocycles. The first-order chi connectivity index (χ1) is 13.2. The van der Waals surface area contributed by atoms with E-state index in [1.807, 2.05) is 7.05 Å². The van der Waals surface area contributed by atoms with Gasteiger partial charge < -0.3 is 29.5 Å². The molecule has 2 saturated heterocycles. The largest absolute Gasteiger partial charge is 0.382 e. The van der Waals surface area contributed by atoms with Gasteiger partial charge in [-0.25, -0.2) is 0 Å². The summed E-state index contributed by atoms with van der Waals surface area (Å²) in [6, 6.07) is 0. The molecule has 0 bridgehead atoms. The number of guanidine groups is 1. The van der Waals surface area contributed by atoms with Crippen LogP contribution in [0.2, 0.25) is 0 Å². The van der Waals surface area contributed by atoms with Crippen LogP contribution in [0.1, 0.15) is 20.3 Å². The van der Waals surface area contributed by atoms with Gasteiger partial charge in [0.15, 0.2) is 5.96 Å². The highest BCUT2D eigenvalue weighted by Gasteiger charge is 2.25. The maximum atomic E-state index is 5.70. The Kier molecular flexibility index (Phi) is 10.4. The number of piperazine rings is 1. The molecule has 2 aliphatic heterocycles. The van der Waals surface area contributed by atoms with Crippen LogP contribution >= 0.6 is 0 Å². The molecule has 7 nitrogen and oxygen atoms in total. The summed E-state index contributed by atoms with van der Waals surface area (Å²) >= 11 is 0. The first kappa shape index (κ1) is 22.4. The number of ether oxygens (including phenoxy) is 2. The van der Waals surface area contributed by atoms with Gasteiger partial charge in [0.05, 0.1) is 19.8 Å². The van der Waals surface area contributed by atoms with E-state index in [2.05, 4.69) is 38.9 Å². The Morgan fingerprint density at radius 3 is 2.56 bits per heavy atom. The summed E-state index contributed by atoms with van der Waals surface area (Å²) in [6.45, 7) is 17.0. The molecule has 2 aliphatic rings. The molecule has 7 heteroatoms. The van der Waals surface area contributed by atoms with Crippen molar-refractivity contribution in [3.05, 3.63) is 0 Å². The fraction of sp³-hybridized carbons (Fsp3) is 0.950. The van der Waals surface area contributed by atoms with Gasteiger partial charge in [-0.1, -0.05) is 13.8 Å². The Balaban J connectivity index is 1.63. The van der Waals surface area contributed by atoms with Gasteiger partial charge in [0.1, 0.15) is 0 Å². The molecule has 0 amide bonds. The van der Waals surface area contributed by atoms with E-state index in [-0.39, 0.29) is 0 Å². The fourth-order valence-corrected chi connectivity index (χ4v) is 3.94. The van der Waals surface area contributed by atoms with E-state index in [1.165, 1.54) is 39.1 Å². The molecular formula is C20H41N5O2. The second-order valence-electron chi connectivity index (χ2n) is 7.94. The normalized spacial score (nSPS) is 23.8. The van der Waals surface area contributed by atoms with Crippen LogP contribution in [0.5, 0.6) is 0 Å². The molecule has 0 aromatic heterocycles. The summed E-state index contributed by atoms with van der Waals surface area (Å²) in [5.74, 6) is 2.25. The summed E-state index contributed by atoms with van der Waals surface area (Å²) in [4.78, 5) is 12.0. The van der Waals surface area contributed by atoms with Crippen molar-refractivity contribution in [3.63, 3.8) is 0 Å². The highest BCUT2D eigenvalue weighted by Crippen LogP contribution is 2.16. The third kappa shape index (κ3) is 7.94. The number of likely N-dealkylation sites (N-methyl/N-ethyl adjacent to an activating group) is 1. The van der Waals surface area contributed by atoms with Gasteiger partial charge in [0.25, 0.3) is 0 Å². The molecule has 2 fully saturated rings. The lowest BCUT2D eigenvalue weighted by Gasteiger charge is -2.35. The van der Waals surface area contributed by atoms with Gasteiger partial charge in [-0.15, -0.1) is 0 Å². The summed E-state index contributed by atoms with van der Waals surface area (Å²) < 4.78 is 10.7. The zero-order valence-corrected chi connectivity index (χ0v) is 18.0. The second kappa shape index (κ2) is 12.5. The number of methoxy groups -OCH3 is 1. The number of nitrogens with one attached hydrogen (secondary N) is 1. The van der Waals surface area contributed by atoms with Crippen LogP contribution in [0, 0.1) is 11.8 Å². The third-order valence-corrected chi connectivity index (χ3v) is 5.67. The maximum Gasteiger partial charge on any atom is 0.193 e. The number of aliphatic imine (C=N–C) groups is 1. The Morgan fingerprint density at radius 1 is 1.15 bits per heavy atom. The van der Waals surface area contributed by atoms with Gasteiger partial charge in [-0.3, -0.25) is 4.99 Å². The zero-order valence-electron chi connectivity index (χ0n) is 18.0. The van der Waals surface area contributed by atoms with Crippen molar-refractivity contribution in [2.24, 2.45) is 16.8 Å². The highest BCUT2D eigenvalue weighted by atomic mass is 16.5. The molecule has 0 aromatic rings. The molecule has 1 N–H and O–H groups in total. The van der Waals surface area contributed by atoms with E-state index in [0.717, 1.165) is 38.7 Å². The average Bonchev–Trinajstić information content (AvgIpc) is 3.15. The quantitative estimate of drug-likeness (QED) is 0.342. The predicted molar refractivity (Wildman–Crippen MR) is 111 cm³/mol. The molecule has 2 rings (SSSR count). The molecule has 0 spiro atoms. The minimum atomic E-state index is 0.590. The van der Waals surface area contributed by atoms with Gasteiger partial charge in [-0.2, -0.15) is 0 Å². The standard InChI is InChI=1S/C20H41N5O2/c1-5-23-8-10-24(11-9-23)15-18(2)14-22-20(21-3)25-7-6-19(16-25)17-27-13-12-26-4/h18-19H,5-17H2,1-4H3,(H,21,22). The van der Waals surface area contributed by atoms with E-state index in [9.17, 15) is 0 Å². The van der Waals surface area contributed by atoms with Crippen LogP contribution in [0.4, 0.5) is 0 Å². The van der Waals surface area contributed by atoms with Crippen LogP contribution in [-0.4, -0.2) is 114 Å². The fourth-order valence-electron chi connectivity index (χ4n) is 3.94. The van der Waals surface area contributed by atoms with Gasteiger partial charge >= 0.3 is 0 Å². The van der Waals surface area contributed by atoms with Crippen molar-refractivity contribution in [1.82, 2.24) is 20.0 Å². The molecular weight excluding hydrogens is 342 g/mol. The molecule has 0 aromatic carbocycles. The third-order valence-electron chi connectivity index (χ3n) is 5.67. The van der Waals surface area contributed by atoms with Crippen molar-refractivity contribution in [3.8, 4) is 0 Å². The Labute approximate surface area is 166 Å². The van der Waals surface area contributed by atoms with Crippen LogP contribution in [0.25, 0.3) is 0 Å².